The lowest BCUT2D eigenvalue weighted by Crippen LogP contribution is -2.41. The van der Waals surface area contributed by atoms with Crippen LogP contribution in [-0.4, -0.2) is 18.3 Å². The highest BCUT2D eigenvalue weighted by molar-refractivity contribution is 6.62. The molecule has 1 aliphatic carbocycles. The van der Waals surface area contributed by atoms with Gasteiger partial charge in [0, 0.05) is 0 Å². The van der Waals surface area contributed by atoms with Gasteiger partial charge in [-0.2, -0.15) is 5.26 Å². The minimum absolute atomic E-state index is 0.346. The van der Waals surface area contributed by atoms with Gasteiger partial charge in [-0.15, -0.1) is 0 Å². The molecule has 3 rings (SSSR count). The molecule has 0 spiro atoms. The molecular formula is C16H20BNO2. The lowest BCUT2D eigenvalue weighted by molar-refractivity contribution is 0.00578. The van der Waals surface area contributed by atoms with Crippen molar-refractivity contribution in [2.75, 3.05) is 0 Å². The second kappa shape index (κ2) is 4.34. The van der Waals surface area contributed by atoms with E-state index < -0.39 is 0 Å². The predicted octanol–water partition coefficient (Wildman–Crippen LogP) is 2.73. The van der Waals surface area contributed by atoms with Crippen LogP contribution < -0.4 is 5.46 Å². The summed E-state index contributed by atoms with van der Waals surface area (Å²) < 4.78 is 12.3. The van der Waals surface area contributed by atoms with Crippen LogP contribution in [0.5, 0.6) is 0 Å². The molecule has 1 saturated heterocycles. The van der Waals surface area contributed by atoms with Crippen LogP contribution in [0.3, 0.4) is 0 Å². The molecule has 0 atom stereocenters. The summed E-state index contributed by atoms with van der Waals surface area (Å²) in [6, 6.07) is 8.16. The summed E-state index contributed by atoms with van der Waals surface area (Å²) in [6.07, 6.45) is 2.32. The Labute approximate surface area is 121 Å². The van der Waals surface area contributed by atoms with E-state index >= 15 is 0 Å². The summed E-state index contributed by atoms with van der Waals surface area (Å²) in [6.45, 7) is 8.21. The van der Waals surface area contributed by atoms with E-state index in [1.165, 1.54) is 0 Å². The van der Waals surface area contributed by atoms with Gasteiger partial charge in [-0.3, -0.25) is 0 Å². The van der Waals surface area contributed by atoms with Crippen molar-refractivity contribution in [1.82, 2.24) is 0 Å². The molecule has 0 unspecified atom stereocenters. The van der Waals surface area contributed by atoms with Crippen LogP contribution in [0.2, 0.25) is 0 Å². The molecule has 3 nitrogen and oxygen atoms in total. The zero-order valence-corrected chi connectivity index (χ0v) is 12.6. The van der Waals surface area contributed by atoms with E-state index in [-0.39, 0.29) is 18.3 Å². The molecule has 0 aromatic heterocycles. The average molecular weight is 269 g/mol. The van der Waals surface area contributed by atoms with Gasteiger partial charge in [0.15, 0.2) is 0 Å². The van der Waals surface area contributed by atoms with Crippen molar-refractivity contribution in [3.8, 4) is 6.07 Å². The van der Waals surface area contributed by atoms with E-state index in [9.17, 15) is 5.26 Å². The smallest absolute Gasteiger partial charge is 0.399 e. The first-order chi connectivity index (χ1) is 9.36. The third-order valence-corrected chi connectivity index (χ3v) is 4.75. The monoisotopic (exact) mass is 269 g/mol. The van der Waals surface area contributed by atoms with Gasteiger partial charge in [-0.1, -0.05) is 12.1 Å². The van der Waals surface area contributed by atoms with Gasteiger partial charge in [0.2, 0.25) is 0 Å². The van der Waals surface area contributed by atoms with Crippen molar-refractivity contribution in [1.29, 1.82) is 5.26 Å². The largest absolute Gasteiger partial charge is 0.495 e. The van der Waals surface area contributed by atoms with Gasteiger partial charge < -0.3 is 9.31 Å². The van der Waals surface area contributed by atoms with E-state index in [0.717, 1.165) is 29.4 Å². The number of hydrogen-bond donors (Lipinski definition) is 0. The van der Waals surface area contributed by atoms with Crippen molar-refractivity contribution >= 4 is 12.6 Å². The highest BCUT2D eigenvalue weighted by Crippen LogP contribution is 2.42. The number of nitriles is 1. The van der Waals surface area contributed by atoms with Gasteiger partial charge in [0.1, 0.15) is 0 Å². The zero-order chi connectivity index (χ0) is 14.5. The molecule has 1 saturated carbocycles. The lowest BCUT2D eigenvalue weighted by Gasteiger charge is -2.32. The molecule has 0 bridgehead atoms. The van der Waals surface area contributed by atoms with Gasteiger partial charge in [-0.05, 0) is 63.5 Å². The molecule has 0 amide bonds. The fraction of sp³-hybridized carbons (Fsp3) is 0.562. The maximum Gasteiger partial charge on any atom is 0.495 e. The molecule has 2 aliphatic rings. The summed E-state index contributed by atoms with van der Waals surface area (Å²) in [7, 11) is -0.371. The van der Waals surface area contributed by atoms with Crippen LogP contribution in [0.25, 0.3) is 0 Å². The standard InChI is InChI=1S/C16H20BNO2/c1-15(2)16(3,4)20-17(19-15)13-7-5-6-12(10-18)14(13)11-8-9-11/h5-7,11H,8-9H2,1-4H3. The molecule has 2 fully saturated rings. The quantitative estimate of drug-likeness (QED) is 0.775. The maximum atomic E-state index is 9.34. The average Bonchev–Trinajstić information content (AvgIpc) is 3.17. The molecule has 0 N–H and O–H groups in total. The number of benzene rings is 1. The predicted molar refractivity (Wildman–Crippen MR) is 78.8 cm³/mol. The minimum Gasteiger partial charge on any atom is -0.399 e. The van der Waals surface area contributed by atoms with Crippen LogP contribution in [0.1, 0.15) is 57.6 Å². The third kappa shape index (κ3) is 2.06. The molecule has 20 heavy (non-hydrogen) atoms. The Hall–Kier alpha value is -1.31. The van der Waals surface area contributed by atoms with Crippen LogP contribution in [0.15, 0.2) is 18.2 Å². The molecule has 1 aromatic carbocycles. The van der Waals surface area contributed by atoms with Gasteiger partial charge in [-0.25, -0.2) is 0 Å². The fourth-order valence-electron chi connectivity index (χ4n) is 2.68. The second-order valence-corrected chi connectivity index (χ2v) is 6.78. The van der Waals surface area contributed by atoms with Gasteiger partial charge in [0.25, 0.3) is 0 Å². The number of nitrogens with zero attached hydrogens (tertiary/aromatic N) is 1. The number of hydrogen-bond acceptors (Lipinski definition) is 3. The SMILES string of the molecule is CC1(C)OB(c2cccc(C#N)c2C2CC2)OC1(C)C. The maximum absolute atomic E-state index is 9.34. The molecule has 1 heterocycles. The lowest BCUT2D eigenvalue weighted by atomic mass is 9.73. The molecular weight excluding hydrogens is 249 g/mol. The van der Waals surface area contributed by atoms with E-state index in [4.69, 9.17) is 9.31 Å². The van der Waals surface area contributed by atoms with Crippen molar-refractivity contribution in [3.63, 3.8) is 0 Å². The normalized spacial score (nSPS) is 23.6. The Bertz CT molecular complexity index is 569. The molecule has 1 aromatic rings. The summed E-state index contributed by atoms with van der Waals surface area (Å²) in [5.41, 5.74) is 2.24. The van der Waals surface area contributed by atoms with Crippen molar-refractivity contribution in [3.05, 3.63) is 29.3 Å². The topological polar surface area (TPSA) is 42.2 Å². The van der Waals surface area contributed by atoms with Crippen molar-refractivity contribution < 1.29 is 9.31 Å². The van der Waals surface area contributed by atoms with E-state index in [0.29, 0.717) is 5.92 Å². The molecule has 0 radical (unpaired) electrons. The minimum atomic E-state index is -0.371. The summed E-state index contributed by atoms with van der Waals surface area (Å²) in [5.74, 6) is 0.500. The number of rotatable bonds is 2. The van der Waals surface area contributed by atoms with Gasteiger partial charge in [0.05, 0.1) is 22.8 Å². The van der Waals surface area contributed by atoms with Crippen LogP contribution >= 0.6 is 0 Å². The first-order valence-corrected chi connectivity index (χ1v) is 7.24. The van der Waals surface area contributed by atoms with Crippen molar-refractivity contribution in [2.45, 2.75) is 57.7 Å². The van der Waals surface area contributed by atoms with Gasteiger partial charge >= 0.3 is 7.12 Å². The first-order valence-electron chi connectivity index (χ1n) is 7.24. The Balaban J connectivity index is 2.02. The Kier molecular flexibility index (Phi) is 2.97. The summed E-state index contributed by atoms with van der Waals surface area (Å²) in [4.78, 5) is 0. The van der Waals surface area contributed by atoms with E-state index in [1.807, 2.05) is 18.2 Å². The summed E-state index contributed by atoms with van der Waals surface area (Å²) in [5, 5.41) is 9.34. The first kappa shape index (κ1) is 13.7. The Morgan fingerprint density at radius 2 is 1.75 bits per heavy atom. The Morgan fingerprint density at radius 1 is 1.15 bits per heavy atom. The van der Waals surface area contributed by atoms with Crippen LogP contribution in [0, 0.1) is 11.3 Å². The third-order valence-electron chi connectivity index (χ3n) is 4.75. The van der Waals surface area contributed by atoms with Crippen LogP contribution in [-0.2, 0) is 9.31 Å². The fourth-order valence-corrected chi connectivity index (χ4v) is 2.68. The second-order valence-electron chi connectivity index (χ2n) is 6.78. The Morgan fingerprint density at radius 3 is 2.25 bits per heavy atom. The van der Waals surface area contributed by atoms with Crippen molar-refractivity contribution in [2.24, 2.45) is 0 Å². The molecule has 1 aliphatic heterocycles. The molecule has 4 heteroatoms. The van der Waals surface area contributed by atoms with E-state index in [1.54, 1.807) is 0 Å². The highest BCUT2D eigenvalue weighted by Gasteiger charge is 2.52. The summed E-state index contributed by atoms with van der Waals surface area (Å²) >= 11 is 0. The van der Waals surface area contributed by atoms with E-state index in [2.05, 4.69) is 33.8 Å². The highest BCUT2D eigenvalue weighted by atomic mass is 16.7. The molecule has 104 valence electrons. The van der Waals surface area contributed by atoms with Crippen LogP contribution in [0.4, 0.5) is 0 Å². The zero-order valence-electron chi connectivity index (χ0n) is 12.6.